The van der Waals surface area contributed by atoms with Crippen molar-refractivity contribution in [3.63, 3.8) is 0 Å². The predicted octanol–water partition coefficient (Wildman–Crippen LogP) is 9.74. The maximum absolute atomic E-state index is 6.08. The van der Waals surface area contributed by atoms with Crippen LogP contribution in [0.15, 0.2) is 138 Å². The van der Waals surface area contributed by atoms with Gasteiger partial charge in [-0.25, -0.2) is 0 Å². The molecule has 0 aliphatic heterocycles. The first-order valence-electron chi connectivity index (χ1n) is 11.9. The first-order chi connectivity index (χ1) is 17.4. The molecule has 0 aliphatic rings. The second-order valence-electron chi connectivity index (χ2n) is 8.90. The van der Waals surface area contributed by atoms with Crippen molar-refractivity contribution >= 4 is 32.5 Å². The van der Waals surface area contributed by atoms with Crippen LogP contribution in [-0.2, 0) is 0 Å². The third kappa shape index (κ3) is 3.09. The quantitative estimate of drug-likeness (QED) is 0.246. The van der Waals surface area contributed by atoms with Crippen LogP contribution < -0.4 is 0 Å². The van der Waals surface area contributed by atoms with E-state index in [9.17, 15) is 0 Å². The topological polar surface area (TPSA) is 13.1 Å². The molecule has 0 saturated carbocycles. The van der Waals surface area contributed by atoms with Crippen molar-refractivity contribution in [1.82, 2.24) is 0 Å². The van der Waals surface area contributed by atoms with E-state index in [0.29, 0.717) is 0 Å². The highest BCUT2D eigenvalue weighted by molar-refractivity contribution is 6.23. The zero-order chi connectivity index (χ0) is 23.2. The van der Waals surface area contributed by atoms with Gasteiger partial charge in [0.1, 0.15) is 5.58 Å². The zero-order valence-electron chi connectivity index (χ0n) is 19.1. The van der Waals surface area contributed by atoms with Crippen LogP contribution in [0.4, 0.5) is 0 Å². The van der Waals surface area contributed by atoms with Gasteiger partial charge in [-0.15, -0.1) is 0 Å². The molecule has 0 bridgehead atoms. The molecular weight excluding hydrogens is 424 g/mol. The molecule has 0 saturated heterocycles. The molecule has 164 valence electrons. The summed E-state index contributed by atoms with van der Waals surface area (Å²) in [5.41, 5.74) is 8.16. The molecule has 0 aliphatic carbocycles. The summed E-state index contributed by atoms with van der Waals surface area (Å²) in [6.45, 7) is 0. The number of hydrogen-bond acceptors (Lipinski definition) is 1. The molecule has 1 heteroatoms. The summed E-state index contributed by atoms with van der Waals surface area (Å²) in [6, 6.07) is 45.3. The number of furan rings is 1. The lowest BCUT2D eigenvalue weighted by Gasteiger charge is -2.18. The molecule has 7 aromatic rings. The van der Waals surface area contributed by atoms with E-state index in [1.807, 2.05) is 12.3 Å². The van der Waals surface area contributed by atoms with E-state index in [4.69, 9.17) is 4.42 Å². The minimum Gasteiger partial charge on any atom is -0.464 e. The molecule has 0 N–H and O–H groups in total. The molecule has 0 atom stereocenters. The Bertz CT molecular complexity index is 1770. The van der Waals surface area contributed by atoms with E-state index in [2.05, 4.69) is 121 Å². The van der Waals surface area contributed by atoms with Gasteiger partial charge in [0.15, 0.2) is 0 Å². The second kappa shape index (κ2) is 8.00. The molecule has 0 amide bonds. The fourth-order valence-corrected chi connectivity index (χ4v) is 5.46. The summed E-state index contributed by atoms with van der Waals surface area (Å²) >= 11 is 0. The van der Waals surface area contributed by atoms with Crippen LogP contribution in [0, 0.1) is 0 Å². The molecular formula is C34H22O. The number of hydrogen-bond donors (Lipinski definition) is 0. The highest BCUT2D eigenvalue weighted by Gasteiger charge is 2.19. The second-order valence-corrected chi connectivity index (χ2v) is 8.90. The van der Waals surface area contributed by atoms with Crippen LogP contribution in [0.5, 0.6) is 0 Å². The summed E-state index contributed by atoms with van der Waals surface area (Å²) in [6.07, 6.45) is 1.81. The third-order valence-corrected chi connectivity index (χ3v) is 6.96. The van der Waals surface area contributed by atoms with Gasteiger partial charge in [0.05, 0.1) is 6.26 Å². The Labute approximate surface area is 203 Å². The van der Waals surface area contributed by atoms with Crippen molar-refractivity contribution < 1.29 is 4.42 Å². The number of rotatable bonds is 3. The minimum absolute atomic E-state index is 0.925. The molecule has 1 aromatic heterocycles. The summed E-state index contributed by atoms with van der Waals surface area (Å²) in [7, 11) is 0. The first kappa shape index (κ1) is 19.8. The van der Waals surface area contributed by atoms with E-state index in [1.54, 1.807) is 0 Å². The normalized spacial score (nSPS) is 11.4. The Hall–Kier alpha value is -4.62. The van der Waals surface area contributed by atoms with Crippen LogP contribution in [0.1, 0.15) is 0 Å². The minimum atomic E-state index is 0.925. The number of benzene rings is 6. The van der Waals surface area contributed by atoms with E-state index < -0.39 is 0 Å². The average molecular weight is 447 g/mol. The highest BCUT2D eigenvalue weighted by Crippen LogP contribution is 2.46. The van der Waals surface area contributed by atoms with Gasteiger partial charge in [-0.3, -0.25) is 0 Å². The Morgan fingerprint density at radius 1 is 0.343 bits per heavy atom. The summed E-state index contributed by atoms with van der Waals surface area (Å²) in [5.74, 6) is 0. The Morgan fingerprint density at radius 2 is 0.829 bits per heavy atom. The third-order valence-electron chi connectivity index (χ3n) is 6.96. The van der Waals surface area contributed by atoms with E-state index in [1.165, 1.54) is 43.8 Å². The van der Waals surface area contributed by atoms with Crippen molar-refractivity contribution in [3.05, 3.63) is 134 Å². The zero-order valence-corrected chi connectivity index (χ0v) is 19.1. The van der Waals surface area contributed by atoms with Gasteiger partial charge in [0, 0.05) is 10.9 Å². The van der Waals surface area contributed by atoms with Gasteiger partial charge < -0.3 is 4.42 Å². The van der Waals surface area contributed by atoms with Gasteiger partial charge in [-0.2, -0.15) is 0 Å². The van der Waals surface area contributed by atoms with Crippen molar-refractivity contribution in [1.29, 1.82) is 0 Å². The van der Waals surface area contributed by atoms with Crippen molar-refractivity contribution in [2.45, 2.75) is 0 Å². The largest absolute Gasteiger partial charge is 0.464 e. The van der Waals surface area contributed by atoms with E-state index in [-0.39, 0.29) is 0 Å². The molecule has 0 unspecified atom stereocenters. The fourth-order valence-electron chi connectivity index (χ4n) is 5.46. The smallest absolute Gasteiger partial charge is 0.142 e. The SMILES string of the molecule is c1ccc(-c2c3ccccc3c(-c3ccc(-c4ccccc4)c4occc34)c3ccccc23)cc1. The van der Waals surface area contributed by atoms with Crippen molar-refractivity contribution in [2.24, 2.45) is 0 Å². The predicted molar refractivity (Wildman–Crippen MR) is 148 cm³/mol. The van der Waals surface area contributed by atoms with Gasteiger partial charge in [0.25, 0.3) is 0 Å². The standard InChI is InChI=1S/C34H22O/c1-3-11-23(12-4-1)25-19-20-30(31-21-22-35-34(25)31)33-28-17-9-7-15-26(28)32(24-13-5-2-6-14-24)27-16-8-10-18-29(27)33/h1-22H. The molecule has 1 heterocycles. The lowest BCUT2D eigenvalue weighted by molar-refractivity contribution is 0.617. The molecule has 1 nitrogen and oxygen atoms in total. The van der Waals surface area contributed by atoms with Gasteiger partial charge >= 0.3 is 0 Å². The maximum atomic E-state index is 6.08. The lowest BCUT2D eigenvalue weighted by Crippen LogP contribution is -1.91. The first-order valence-corrected chi connectivity index (χ1v) is 11.9. The fraction of sp³-hybridized carbons (Fsp3) is 0. The van der Waals surface area contributed by atoms with E-state index >= 15 is 0 Å². The van der Waals surface area contributed by atoms with Gasteiger partial charge in [0.2, 0.25) is 0 Å². The molecule has 7 rings (SSSR count). The Kier molecular flexibility index (Phi) is 4.53. The highest BCUT2D eigenvalue weighted by atomic mass is 16.3. The molecule has 35 heavy (non-hydrogen) atoms. The van der Waals surface area contributed by atoms with Gasteiger partial charge in [-0.05, 0) is 61.5 Å². The van der Waals surface area contributed by atoms with Crippen molar-refractivity contribution in [3.8, 4) is 33.4 Å². The van der Waals surface area contributed by atoms with Crippen LogP contribution in [0.2, 0.25) is 0 Å². The molecule has 6 aromatic carbocycles. The van der Waals surface area contributed by atoms with Crippen LogP contribution in [0.3, 0.4) is 0 Å². The molecule has 0 radical (unpaired) electrons. The number of fused-ring (bicyclic) bond motifs is 3. The molecule has 0 fully saturated rings. The summed E-state index contributed by atoms with van der Waals surface area (Å²) in [4.78, 5) is 0. The molecule has 0 spiro atoms. The van der Waals surface area contributed by atoms with Crippen LogP contribution >= 0.6 is 0 Å². The van der Waals surface area contributed by atoms with Crippen LogP contribution in [-0.4, -0.2) is 0 Å². The van der Waals surface area contributed by atoms with Crippen LogP contribution in [0.25, 0.3) is 65.9 Å². The summed E-state index contributed by atoms with van der Waals surface area (Å²) < 4.78 is 6.08. The maximum Gasteiger partial charge on any atom is 0.142 e. The monoisotopic (exact) mass is 446 g/mol. The van der Waals surface area contributed by atoms with Gasteiger partial charge in [-0.1, -0.05) is 115 Å². The Balaban J connectivity index is 1.61. The Morgan fingerprint density at radius 3 is 1.43 bits per heavy atom. The van der Waals surface area contributed by atoms with Crippen molar-refractivity contribution in [2.75, 3.05) is 0 Å². The summed E-state index contributed by atoms with van der Waals surface area (Å²) in [5, 5.41) is 6.15. The van der Waals surface area contributed by atoms with E-state index in [0.717, 1.165) is 22.1 Å². The lowest BCUT2D eigenvalue weighted by atomic mass is 9.85. The average Bonchev–Trinajstić information content (AvgIpc) is 3.43.